The Balaban J connectivity index is 2.58. The van der Waals surface area contributed by atoms with Crippen LogP contribution in [0.3, 0.4) is 0 Å². The second kappa shape index (κ2) is 19.2. The fraction of sp³-hybridized carbons (Fsp3) is 0.640. The first-order chi connectivity index (χ1) is 19.5. The van der Waals surface area contributed by atoms with E-state index in [2.05, 4.69) is 10.6 Å². The van der Waals surface area contributed by atoms with Crippen LogP contribution < -0.4 is 10.6 Å². The summed E-state index contributed by atoms with van der Waals surface area (Å²) in [5.41, 5.74) is 0. The molecule has 0 aromatic heterocycles. The van der Waals surface area contributed by atoms with Gasteiger partial charge >= 0.3 is 17.9 Å². The largest absolute Gasteiger partial charge is 0.480 e. The third-order valence-electron chi connectivity index (χ3n) is 6.30. The van der Waals surface area contributed by atoms with Crippen LogP contribution in [0.4, 0.5) is 0 Å². The van der Waals surface area contributed by atoms with Crippen molar-refractivity contribution in [1.82, 2.24) is 30.2 Å². The van der Waals surface area contributed by atoms with Crippen LogP contribution in [-0.2, 0) is 33.6 Å². The lowest BCUT2D eigenvalue weighted by Crippen LogP contribution is -2.47. The van der Waals surface area contributed by atoms with E-state index >= 15 is 0 Å². The van der Waals surface area contributed by atoms with Gasteiger partial charge in [-0.25, -0.2) is 0 Å². The number of carboxylic acids is 3. The average molecular weight is 585 g/mol. The van der Waals surface area contributed by atoms with Gasteiger partial charge in [0.15, 0.2) is 0 Å². The number of nitrogens with zero attached hydrogens (tertiary/aromatic N) is 4. The zero-order valence-corrected chi connectivity index (χ0v) is 23.2. The predicted octanol–water partition coefficient (Wildman–Crippen LogP) is -2.51. The first-order valence-corrected chi connectivity index (χ1v) is 13.2. The number of hydrogen-bond donors (Lipinski definition) is 5. The number of allylic oxidation sites excluding steroid dienone is 1. The van der Waals surface area contributed by atoms with Crippen LogP contribution >= 0.6 is 0 Å². The second-order valence-electron chi connectivity index (χ2n) is 9.36. The Hall–Kier alpha value is -3.89. The highest BCUT2D eigenvalue weighted by Gasteiger charge is 2.28. The number of amides is 4. The second-order valence-corrected chi connectivity index (χ2v) is 9.36. The first kappa shape index (κ1) is 35.1. The standard InChI is InChI=1S/C25H40N6O10/c1-2-3-22(35)31(18-32)9-6-21(34)27-8-7-26-20(33)5-4-19(25(40)41)30-14-12-28(16-23(36)37)10-11-29(13-15-30)17-24(38)39/h2-3,18-19H,4-17H2,1H3,(H,26,33)(H,27,34)(H,36,37)(H,38,39)(H,40,41)/b3-2-. The van der Waals surface area contributed by atoms with Gasteiger partial charge in [-0.1, -0.05) is 6.08 Å². The van der Waals surface area contributed by atoms with E-state index in [0.717, 1.165) is 4.90 Å². The molecular formula is C25H40N6O10. The molecule has 1 fully saturated rings. The van der Waals surface area contributed by atoms with E-state index in [0.29, 0.717) is 19.5 Å². The summed E-state index contributed by atoms with van der Waals surface area (Å²) in [7, 11) is 0. The number of carbonyl (C=O) groups is 7. The van der Waals surface area contributed by atoms with E-state index < -0.39 is 41.7 Å². The molecule has 230 valence electrons. The minimum absolute atomic E-state index is 0.0346. The molecule has 0 saturated carbocycles. The Morgan fingerprint density at radius 3 is 1.73 bits per heavy atom. The van der Waals surface area contributed by atoms with Crippen molar-refractivity contribution in [2.24, 2.45) is 0 Å². The van der Waals surface area contributed by atoms with Gasteiger partial charge in [-0.05, 0) is 19.4 Å². The average Bonchev–Trinajstić information content (AvgIpc) is 2.98. The van der Waals surface area contributed by atoms with Crippen molar-refractivity contribution >= 4 is 42.0 Å². The quantitative estimate of drug-likeness (QED) is 0.0679. The number of carbonyl (C=O) groups excluding carboxylic acids is 4. The summed E-state index contributed by atoms with van der Waals surface area (Å²) >= 11 is 0. The highest BCUT2D eigenvalue weighted by molar-refractivity contribution is 5.95. The maximum absolute atomic E-state index is 12.3. The fourth-order valence-electron chi connectivity index (χ4n) is 4.15. The van der Waals surface area contributed by atoms with E-state index in [4.69, 9.17) is 0 Å². The van der Waals surface area contributed by atoms with Crippen LogP contribution in [0.5, 0.6) is 0 Å². The third-order valence-corrected chi connectivity index (χ3v) is 6.30. The van der Waals surface area contributed by atoms with Crippen molar-refractivity contribution in [3.8, 4) is 0 Å². The van der Waals surface area contributed by atoms with Crippen molar-refractivity contribution in [3.05, 3.63) is 12.2 Å². The molecule has 5 N–H and O–H groups in total. The van der Waals surface area contributed by atoms with Gasteiger partial charge in [0, 0.05) is 71.7 Å². The first-order valence-electron chi connectivity index (χ1n) is 13.2. The van der Waals surface area contributed by atoms with E-state index in [-0.39, 0.29) is 78.2 Å². The Labute approximate surface area is 237 Å². The van der Waals surface area contributed by atoms with Gasteiger partial charge in [0.05, 0.1) is 13.1 Å². The lowest BCUT2D eigenvalue weighted by atomic mass is 10.1. The van der Waals surface area contributed by atoms with Crippen LogP contribution in [0.25, 0.3) is 0 Å². The maximum Gasteiger partial charge on any atom is 0.320 e. The van der Waals surface area contributed by atoms with E-state index in [9.17, 15) is 48.9 Å². The zero-order chi connectivity index (χ0) is 30.8. The van der Waals surface area contributed by atoms with Crippen LogP contribution in [0.2, 0.25) is 0 Å². The Morgan fingerprint density at radius 2 is 1.29 bits per heavy atom. The number of imide groups is 1. The molecule has 0 aromatic carbocycles. The van der Waals surface area contributed by atoms with Crippen molar-refractivity contribution < 1.29 is 48.9 Å². The van der Waals surface area contributed by atoms with Crippen LogP contribution in [-0.4, -0.2) is 155 Å². The van der Waals surface area contributed by atoms with Crippen molar-refractivity contribution in [2.75, 3.05) is 72.0 Å². The zero-order valence-electron chi connectivity index (χ0n) is 23.2. The molecule has 16 heteroatoms. The minimum atomic E-state index is -1.16. The summed E-state index contributed by atoms with van der Waals surface area (Å²) in [6, 6.07) is -1.05. The molecule has 1 unspecified atom stereocenters. The molecule has 1 rings (SSSR count). The maximum atomic E-state index is 12.3. The minimum Gasteiger partial charge on any atom is -0.480 e. The Kier molecular flexibility index (Phi) is 16.5. The molecule has 1 heterocycles. The van der Waals surface area contributed by atoms with E-state index in [1.807, 2.05) is 0 Å². The number of nitrogens with one attached hydrogen (secondary N) is 2. The van der Waals surface area contributed by atoms with Crippen molar-refractivity contribution in [1.29, 1.82) is 0 Å². The van der Waals surface area contributed by atoms with Gasteiger partial charge in [0.25, 0.3) is 5.91 Å². The van der Waals surface area contributed by atoms with Gasteiger partial charge < -0.3 is 26.0 Å². The van der Waals surface area contributed by atoms with Crippen LogP contribution in [0.1, 0.15) is 26.2 Å². The van der Waals surface area contributed by atoms with E-state index in [1.54, 1.807) is 21.6 Å². The van der Waals surface area contributed by atoms with Gasteiger partial charge in [-0.2, -0.15) is 0 Å². The summed E-state index contributed by atoms with van der Waals surface area (Å²) in [5.74, 6) is -4.65. The summed E-state index contributed by atoms with van der Waals surface area (Å²) in [5, 5.41) is 33.4. The molecular weight excluding hydrogens is 544 g/mol. The number of rotatable bonds is 17. The van der Waals surface area contributed by atoms with Gasteiger partial charge in [0.2, 0.25) is 18.2 Å². The molecule has 0 radical (unpaired) electrons. The van der Waals surface area contributed by atoms with Crippen LogP contribution in [0.15, 0.2) is 12.2 Å². The highest BCUT2D eigenvalue weighted by Crippen LogP contribution is 2.11. The summed E-state index contributed by atoms with van der Waals surface area (Å²) in [6.45, 7) is 2.74. The number of hydrogen-bond acceptors (Lipinski definition) is 10. The fourth-order valence-corrected chi connectivity index (χ4v) is 4.15. The Bertz CT molecular complexity index is 931. The molecule has 16 nitrogen and oxygen atoms in total. The lowest BCUT2D eigenvalue weighted by molar-refractivity contribution is -0.145. The summed E-state index contributed by atoms with van der Waals surface area (Å²) in [4.78, 5) is 87.2. The van der Waals surface area contributed by atoms with Gasteiger partial charge in [0.1, 0.15) is 6.04 Å². The van der Waals surface area contributed by atoms with Gasteiger partial charge in [-0.3, -0.25) is 53.2 Å². The Morgan fingerprint density at radius 1 is 0.805 bits per heavy atom. The molecule has 1 atom stereocenters. The normalized spacial score (nSPS) is 16.1. The summed E-state index contributed by atoms with van der Waals surface area (Å²) in [6.07, 6.45) is 2.75. The molecule has 1 saturated heterocycles. The van der Waals surface area contributed by atoms with Crippen molar-refractivity contribution in [3.63, 3.8) is 0 Å². The predicted molar refractivity (Wildman–Crippen MR) is 144 cm³/mol. The monoisotopic (exact) mass is 584 g/mol. The topological polar surface area (TPSA) is 217 Å². The summed E-state index contributed by atoms with van der Waals surface area (Å²) < 4.78 is 0. The molecule has 0 aromatic rings. The molecule has 41 heavy (non-hydrogen) atoms. The SMILES string of the molecule is C/C=C\C(=O)N(C=O)CCC(=O)NCCNC(=O)CCC(C(=O)O)N1CCN(CC(=O)O)CCN(CC(=O)O)CC1. The molecule has 4 amide bonds. The van der Waals surface area contributed by atoms with Crippen molar-refractivity contribution in [2.45, 2.75) is 32.2 Å². The number of carboxylic acid groups (broad SMARTS) is 3. The van der Waals surface area contributed by atoms with Crippen LogP contribution in [0, 0.1) is 0 Å². The highest BCUT2D eigenvalue weighted by atomic mass is 16.4. The van der Waals surface area contributed by atoms with E-state index in [1.165, 1.54) is 12.2 Å². The lowest BCUT2D eigenvalue weighted by Gasteiger charge is -2.30. The molecule has 1 aliphatic rings. The van der Waals surface area contributed by atoms with Gasteiger partial charge in [-0.15, -0.1) is 0 Å². The molecule has 0 spiro atoms. The number of aliphatic carboxylic acids is 3. The molecule has 0 bridgehead atoms. The molecule has 1 aliphatic heterocycles. The third kappa shape index (κ3) is 14.9. The molecule has 0 aliphatic carbocycles. The smallest absolute Gasteiger partial charge is 0.320 e.